The molecule has 1 unspecified atom stereocenters. The minimum atomic E-state index is -4.03. The second-order valence-electron chi connectivity index (χ2n) is 5.59. The lowest BCUT2D eigenvalue weighted by molar-refractivity contribution is -0.387. The summed E-state index contributed by atoms with van der Waals surface area (Å²) in [6.45, 7) is 0.227. The van der Waals surface area contributed by atoms with Gasteiger partial charge < -0.3 is 4.74 Å². The third-order valence-corrected chi connectivity index (χ3v) is 6.49. The number of hydrogen-bond donors (Lipinski definition) is 0. The second-order valence-corrected chi connectivity index (χ2v) is 8.41. The molecular formula is C16H15BrN2O5S. The molecule has 0 radical (unpaired) electrons. The molecule has 1 heterocycles. The molecule has 0 spiro atoms. The molecule has 9 heteroatoms. The second kappa shape index (κ2) is 6.83. The Labute approximate surface area is 153 Å². The van der Waals surface area contributed by atoms with E-state index in [1.807, 2.05) is 18.2 Å². The molecule has 0 aliphatic carbocycles. The molecule has 1 aliphatic rings. The summed E-state index contributed by atoms with van der Waals surface area (Å²) in [5.74, 6) is 0. The van der Waals surface area contributed by atoms with Gasteiger partial charge in [0.2, 0.25) is 10.0 Å². The highest BCUT2D eigenvalue weighted by Crippen LogP contribution is 2.35. The lowest BCUT2D eigenvalue weighted by Crippen LogP contribution is -2.39. The molecule has 1 aliphatic heterocycles. The van der Waals surface area contributed by atoms with E-state index in [0.717, 1.165) is 15.6 Å². The van der Waals surface area contributed by atoms with Crippen LogP contribution in [0.1, 0.15) is 17.2 Å². The minimum Gasteiger partial charge on any atom is -0.375 e. The van der Waals surface area contributed by atoms with Crippen LogP contribution < -0.4 is 0 Å². The highest BCUT2D eigenvalue weighted by atomic mass is 79.9. The van der Waals surface area contributed by atoms with Crippen molar-refractivity contribution in [2.45, 2.75) is 17.5 Å². The first kappa shape index (κ1) is 18.0. The van der Waals surface area contributed by atoms with Crippen LogP contribution in [-0.4, -0.2) is 31.3 Å². The summed E-state index contributed by atoms with van der Waals surface area (Å²) in [6, 6.07) is 10.9. The smallest absolute Gasteiger partial charge is 0.289 e. The molecule has 1 atom stereocenters. The van der Waals surface area contributed by atoms with Crippen LogP contribution in [0.5, 0.6) is 0 Å². The molecule has 0 N–H and O–H groups in total. The van der Waals surface area contributed by atoms with Gasteiger partial charge in [-0.3, -0.25) is 10.1 Å². The van der Waals surface area contributed by atoms with E-state index in [0.29, 0.717) is 0 Å². The van der Waals surface area contributed by atoms with E-state index in [1.54, 1.807) is 0 Å². The fourth-order valence-corrected chi connectivity index (χ4v) is 4.85. The summed E-state index contributed by atoms with van der Waals surface area (Å²) in [5.41, 5.74) is 1.28. The minimum absolute atomic E-state index is 0.0916. The van der Waals surface area contributed by atoms with E-state index in [4.69, 9.17) is 4.74 Å². The summed E-state index contributed by atoms with van der Waals surface area (Å²) in [5, 5.41) is 11.2. The van der Waals surface area contributed by atoms with Gasteiger partial charge in [-0.25, -0.2) is 8.42 Å². The maximum absolute atomic E-state index is 13.0. The van der Waals surface area contributed by atoms with Gasteiger partial charge in [-0.05, 0) is 29.3 Å². The van der Waals surface area contributed by atoms with Crippen LogP contribution in [0, 0.1) is 10.1 Å². The van der Waals surface area contributed by atoms with Crippen LogP contribution in [-0.2, 0) is 21.3 Å². The fourth-order valence-electron chi connectivity index (χ4n) is 2.90. The Morgan fingerprint density at radius 2 is 2.00 bits per heavy atom. The van der Waals surface area contributed by atoms with Crippen LogP contribution in [0.4, 0.5) is 5.69 Å². The highest BCUT2D eigenvalue weighted by molar-refractivity contribution is 9.10. The Morgan fingerprint density at radius 1 is 1.28 bits per heavy atom. The maximum Gasteiger partial charge on any atom is 0.289 e. The summed E-state index contributed by atoms with van der Waals surface area (Å²) >= 11 is 3.40. The van der Waals surface area contributed by atoms with Crippen LogP contribution in [0.25, 0.3) is 0 Å². The molecule has 0 aromatic heterocycles. The Balaban J connectivity index is 2.05. The SMILES string of the molecule is COC1CN(S(=O)(=O)c2ccccc2[N+](=O)[O-])Cc2ccc(Br)cc21. The number of fused-ring (bicyclic) bond motifs is 1. The van der Waals surface area contributed by atoms with Crippen molar-refractivity contribution >= 4 is 31.6 Å². The summed E-state index contributed by atoms with van der Waals surface area (Å²) in [4.78, 5) is 10.2. The highest BCUT2D eigenvalue weighted by Gasteiger charge is 2.36. The van der Waals surface area contributed by atoms with E-state index in [1.165, 1.54) is 35.7 Å². The topological polar surface area (TPSA) is 89.8 Å². The van der Waals surface area contributed by atoms with Crippen molar-refractivity contribution in [1.29, 1.82) is 0 Å². The van der Waals surface area contributed by atoms with Gasteiger partial charge in [-0.2, -0.15) is 4.31 Å². The van der Waals surface area contributed by atoms with Crippen LogP contribution in [0.15, 0.2) is 51.8 Å². The molecule has 0 saturated heterocycles. The number of nitrogens with zero attached hydrogens (tertiary/aromatic N) is 2. The van der Waals surface area contributed by atoms with Crippen molar-refractivity contribution in [2.75, 3.05) is 13.7 Å². The molecule has 3 rings (SSSR count). The van der Waals surface area contributed by atoms with E-state index in [-0.39, 0.29) is 18.0 Å². The van der Waals surface area contributed by atoms with Crippen molar-refractivity contribution in [1.82, 2.24) is 4.31 Å². The Morgan fingerprint density at radius 3 is 2.68 bits per heavy atom. The number of methoxy groups -OCH3 is 1. The zero-order valence-corrected chi connectivity index (χ0v) is 15.7. The van der Waals surface area contributed by atoms with Crippen LogP contribution in [0.3, 0.4) is 0 Å². The first-order valence-electron chi connectivity index (χ1n) is 7.39. The molecule has 0 amide bonds. The lowest BCUT2D eigenvalue weighted by Gasteiger charge is -2.33. The number of halogens is 1. The lowest BCUT2D eigenvalue weighted by atomic mass is 9.99. The Bertz CT molecular complexity index is 932. The van der Waals surface area contributed by atoms with Gasteiger partial charge in [-0.1, -0.05) is 34.1 Å². The maximum atomic E-state index is 13.0. The number of rotatable bonds is 4. The van der Waals surface area contributed by atoms with Gasteiger partial charge in [0.15, 0.2) is 4.90 Å². The van der Waals surface area contributed by atoms with Gasteiger partial charge in [0.05, 0.1) is 11.0 Å². The van der Waals surface area contributed by atoms with Crippen LogP contribution >= 0.6 is 15.9 Å². The average molecular weight is 427 g/mol. The molecule has 132 valence electrons. The number of nitro groups is 1. The third kappa shape index (κ3) is 3.32. The molecule has 0 saturated carbocycles. The largest absolute Gasteiger partial charge is 0.375 e. The van der Waals surface area contributed by atoms with Crippen molar-refractivity contribution in [3.8, 4) is 0 Å². The van der Waals surface area contributed by atoms with Crippen molar-refractivity contribution in [2.24, 2.45) is 0 Å². The van der Waals surface area contributed by atoms with Crippen molar-refractivity contribution in [3.63, 3.8) is 0 Å². The number of hydrogen-bond acceptors (Lipinski definition) is 5. The van der Waals surface area contributed by atoms with Gasteiger partial charge in [-0.15, -0.1) is 0 Å². The summed E-state index contributed by atoms with van der Waals surface area (Å²) < 4.78 is 33.6. The number of ether oxygens (including phenoxy) is 1. The normalized spacial score (nSPS) is 17.9. The predicted molar refractivity (Wildman–Crippen MR) is 94.6 cm³/mol. The van der Waals surface area contributed by atoms with E-state index in [2.05, 4.69) is 15.9 Å². The first-order valence-corrected chi connectivity index (χ1v) is 9.62. The fraction of sp³-hybridized carbons (Fsp3) is 0.250. The number of nitro benzene ring substituents is 1. The molecule has 25 heavy (non-hydrogen) atoms. The standard InChI is InChI=1S/C16H15BrN2O5S/c1-24-15-10-18(9-11-6-7-12(17)8-13(11)15)25(22,23)16-5-3-2-4-14(16)19(20)21/h2-8,15H,9-10H2,1H3. The Hall–Kier alpha value is -1.81. The molecule has 0 bridgehead atoms. The van der Waals surface area contributed by atoms with E-state index < -0.39 is 26.7 Å². The van der Waals surface area contributed by atoms with Gasteiger partial charge in [0, 0.05) is 30.7 Å². The number of sulfonamides is 1. The van der Waals surface area contributed by atoms with E-state index in [9.17, 15) is 18.5 Å². The zero-order chi connectivity index (χ0) is 18.2. The van der Waals surface area contributed by atoms with Crippen molar-refractivity contribution < 1.29 is 18.1 Å². The molecular weight excluding hydrogens is 412 g/mol. The average Bonchev–Trinajstić information content (AvgIpc) is 2.60. The van der Waals surface area contributed by atoms with Gasteiger partial charge in [0.1, 0.15) is 0 Å². The first-order chi connectivity index (χ1) is 11.8. The predicted octanol–water partition coefficient (Wildman–Crippen LogP) is 3.25. The monoisotopic (exact) mass is 426 g/mol. The molecule has 7 nitrogen and oxygen atoms in total. The zero-order valence-electron chi connectivity index (χ0n) is 13.3. The summed E-state index contributed by atoms with van der Waals surface area (Å²) in [6.07, 6.45) is -0.446. The number of benzene rings is 2. The van der Waals surface area contributed by atoms with E-state index >= 15 is 0 Å². The Kier molecular flexibility index (Phi) is 4.92. The third-order valence-electron chi connectivity index (χ3n) is 4.14. The molecule has 2 aromatic carbocycles. The van der Waals surface area contributed by atoms with Gasteiger partial charge in [0.25, 0.3) is 5.69 Å². The van der Waals surface area contributed by atoms with Crippen molar-refractivity contribution in [3.05, 3.63) is 68.2 Å². The quantitative estimate of drug-likeness (QED) is 0.552. The molecule has 0 fully saturated rings. The van der Waals surface area contributed by atoms with Gasteiger partial charge >= 0.3 is 0 Å². The number of para-hydroxylation sites is 1. The summed E-state index contributed by atoms with van der Waals surface area (Å²) in [7, 11) is -2.52. The molecule has 2 aromatic rings. The van der Waals surface area contributed by atoms with Crippen LogP contribution in [0.2, 0.25) is 0 Å².